The number of rotatable bonds is 15. The number of nitrogens with zero attached hydrogens (tertiary/aromatic N) is 8. The van der Waals surface area contributed by atoms with Gasteiger partial charge in [0.05, 0.1) is 36.3 Å². The van der Waals surface area contributed by atoms with Crippen LogP contribution in [-0.4, -0.2) is 139 Å². The van der Waals surface area contributed by atoms with E-state index in [0.717, 1.165) is 112 Å². The molecule has 5 aromatic rings. The molecule has 1 aliphatic carbocycles. The van der Waals surface area contributed by atoms with Crippen LogP contribution in [0.2, 0.25) is 0 Å². The normalized spacial score (nSPS) is 22.9. The molecular formula is C47H59F3N10O5. The second kappa shape index (κ2) is 19.4. The lowest BCUT2D eigenvalue weighted by Crippen LogP contribution is -2.47. The summed E-state index contributed by atoms with van der Waals surface area (Å²) in [6.07, 6.45) is 3.81. The van der Waals surface area contributed by atoms with Crippen molar-refractivity contribution in [1.82, 2.24) is 43.7 Å². The maximum Gasteiger partial charge on any atom is 0.390 e. The van der Waals surface area contributed by atoms with Crippen molar-refractivity contribution >= 4 is 39.8 Å². The van der Waals surface area contributed by atoms with Crippen molar-refractivity contribution in [3.8, 4) is 11.1 Å². The van der Waals surface area contributed by atoms with Crippen LogP contribution in [0.25, 0.3) is 33.2 Å². The number of aromatic nitrogens is 5. The molecule has 6 heterocycles. The Labute approximate surface area is 375 Å². The predicted molar refractivity (Wildman–Crippen MR) is 240 cm³/mol. The predicted octanol–water partition coefficient (Wildman–Crippen LogP) is 5.02. The highest BCUT2D eigenvalue weighted by molar-refractivity contribution is 6.00. The Balaban J connectivity index is 0.719. The molecule has 0 spiro atoms. The van der Waals surface area contributed by atoms with E-state index in [1.807, 2.05) is 18.2 Å². The summed E-state index contributed by atoms with van der Waals surface area (Å²) in [6.45, 7) is 8.84. The number of aliphatic hydroxyl groups is 1. The molecule has 2 atom stereocenters. The monoisotopic (exact) mass is 900 g/mol. The number of fused-ring (bicyclic) bond motifs is 2. The molecule has 65 heavy (non-hydrogen) atoms. The molecule has 3 aliphatic heterocycles. The minimum Gasteiger partial charge on any atom is -0.393 e. The zero-order valence-electron chi connectivity index (χ0n) is 36.9. The number of ether oxygens (including phenoxy) is 1. The Morgan fingerprint density at radius 3 is 2.38 bits per heavy atom. The average Bonchev–Trinajstić information content (AvgIpc) is 3.97. The number of hydrogen-bond acceptors (Lipinski definition) is 11. The third-order valence-corrected chi connectivity index (χ3v) is 13.8. The highest BCUT2D eigenvalue weighted by Gasteiger charge is 2.32. The molecule has 3 N–H and O–H groups in total. The Bertz CT molecular complexity index is 2540. The van der Waals surface area contributed by atoms with E-state index in [-0.39, 0.29) is 48.8 Å². The molecule has 0 bridgehead atoms. The second-order valence-electron chi connectivity index (χ2n) is 18.3. The third-order valence-electron chi connectivity index (χ3n) is 13.8. The molecule has 4 fully saturated rings. The zero-order chi connectivity index (χ0) is 45.2. The van der Waals surface area contributed by atoms with Gasteiger partial charge in [-0.2, -0.15) is 18.2 Å². The van der Waals surface area contributed by atoms with E-state index in [1.54, 1.807) is 17.8 Å². The molecule has 18 heteroatoms. The summed E-state index contributed by atoms with van der Waals surface area (Å²) in [6, 6.07) is 14.0. The van der Waals surface area contributed by atoms with Gasteiger partial charge in [-0.25, -0.2) is 9.78 Å². The molecule has 2 unspecified atom stereocenters. The fourth-order valence-corrected chi connectivity index (χ4v) is 10.1. The van der Waals surface area contributed by atoms with Gasteiger partial charge >= 0.3 is 11.9 Å². The number of amides is 2. The van der Waals surface area contributed by atoms with Gasteiger partial charge in [-0.1, -0.05) is 30.3 Å². The fraction of sp³-hybridized carbons (Fsp3) is 0.553. The van der Waals surface area contributed by atoms with Crippen molar-refractivity contribution in [3.05, 3.63) is 76.5 Å². The van der Waals surface area contributed by atoms with Crippen LogP contribution in [0, 0.1) is 0 Å². The largest absolute Gasteiger partial charge is 0.393 e. The van der Waals surface area contributed by atoms with Gasteiger partial charge in [0, 0.05) is 108 Å². The van der Waals surface area contributed by atoms with Gasteiger partial charge in [-0.3, -0.25) is 33.8 Å². The van der Waals surface area contributed by atoms with Crippen molar-refractivity contribution < 1.29 is 32.6 Å². The first-order chi connectivity index (χ1) is 31.3. The van der Waals surface area contributed by atoms with Crippen LogP contribution in [0.15, 0.2) is 59.7 Å². The molecule has 3 saturated heterocycles. The lowest BCUT2D eigenvalue weighted by molar-refractivity contribution is -0.136. The van der Waals surface area contributed by atoms with Crippen LogP contribution in [0.1, 0.15) is 74.6 Å². The number of aryl methyl sites for hydroxylation is 1. The molecule has 2 aromatic carbocycles. The maximum absolute atomic E-state index is 13.2. The molecule has 0 radical (unpaired) electrons. The summed E-state index contributed by atoms with van der Waals surface area (Å²) < 4.78 is 50.0. The van der Waals surface area contributed by atoms with Crippen LogP contribution in [0.4, 0.5) is 19.1 Å². The lowest BCUT2D eigenvalue weighted by atomic mass is 9.93. The van der Waals surface area contributed by atoms with Gasteiger partial charge in [0.25, 0.3) is 0 Å². The van der Waals surface area contributed by atoms with Crippen LogP contribution >= 0.6 is 0 Å². The number of alkyl halides is 3. The van der Waals surface area contributed by atoms with Gasteiger partial charge in [0.15, 0.2) is 0 Å². The number of piperidine rings is 1. The zero-order valence-corrected chi connectivity index (χ0v) is 36.9. The van der Waals surface area contributed by atoms with E-state index in [9.17, 15) is 32.7 Å². The first kappa shape index (κ1) is 45.0. The summed E-state index contributed by atoms with van der Waals surface area (Å²) in [7, 11) is 1.72. The maximum atomic E-state index is 13.2. The van der Waals surface area contributed by atoms with E-state index < -0.39 is 24.5 Å². The van der Waals surface area contributed by atoms with Crippen LogP contribution in [0.5, 0.6) is 0 Å². The molecule has 9 rings (SSSR count). The first-order valence-corrected chi connectivity index (χ1v) is 23.1. The van der Waals surface area contributed by atoms with Crippen LogP contribution < -0.4 is 16.3 Å². The van der Waals surface area contributed by atoms with Gasteiger partial charge < -0.3 is 24.6 Å². The van der Waals surface area contributed by atoms with E-state index in [2.05, 4.69) is 70.3 Å². The number of aliphatic hydroxyl groups excluding tert-OH is 1. The van der Waals surface area contributed by atoms with Crippen molar-refractivity contribution in [3.63, 3.8) is 0 Å². The molecule has 4 aliphatic rings. The highest BCUT2D eigenvalue weighted by Crippen LogP contribution is 2.37. The average molecular weight is 901 g/mol. The van der Waals surface area contributed by atoms with Gasteiger partial charge in [0.1, 0.15) is 11.7 Å². The lowest BCUT2D eigenvalue weighted by Gasteiger charge is -2.34. The summed E-state index contributed by atoms with van der Waals surface area (Å²) in [5, 5.41) is 16.1. The minimum atomic E-state index is -4.26. The number of carbonyl (C=O) groups excluding carboxylic acids is 2. The number of benzene rings is 2. The summed E-state index contributed by atoms with van der Waals surface area (Å²) >= 11 is 0. The SMILES string of the molecule is Cn1c(=O)n(C2CCC(=O)NC2=O)c2ccc(CCN3CCC(OCCN4CCN(Cc5ccc(-c6cn(C7CCC(O)CC7)c7nc(NCCC(F)(F)F)ncc67)cc5)CC4)C3)cc21. The third kappa shape index (κ3) is 10.5. The number of imidazole rings is 1. The van der Waals surface area contributed by atoms with Crippen LogP contribution in [0.3, 0.4) is 0 Å². The van der Waals surface area contributed by atoms with Crippen molar-refractivity contribution in [2.24, 2.45) is 7.05 Å². The molecule has 3 aromatic heterocycles. The minimum absolute atomic E-state index is 0.132. The molecule has 348 valence electrons. The number of nitrogens with one attached hydrogen (secondary N) is 2. The van der Waals surface area contributed by atoms with Gasteiger partial charge in [-0.05, 0) is 73.8 Å². The number of hydrogen-bond donors (Lipinski definition) is 3. The highest BCUT2D eigenvalue weighted by atomic mass is 19.4. The van der Waals surface area contributed by atoms with Gasteiger partial charge in [0.2, 0.25) is 17.8 Å². The summed E-state index contributed by atoms with van der Waals surface area (Å²) in [5.74, 6) is -0.560. The Morgan fingerprint density at radius 2 is 1.63 bits per heavy atom. The van der Waals surface area contributed by atoms with Crippen molar-refractivity contribution in [2.45, 2.75) is 94.8 Å². The van der Waals surface area contributed by atoms with E-state index >= 15 is 0 Å². The summed E-state index contributed by atoms with van der Waals surface area (Å²) in [5.41, 5.74) is 6.26. The smallest absolute Gasteiger partial charge is 0.390 e. The summed E-state index contributed by atoms with van der Waals surface area (Å²) in [4.78, 5) is 53.9. The molecule has 1 saturated carbocycles. The van der Waals surface area contributed by atoms with E-state index in [4.69, 9.17) is 4.74 Å². The van der Waals surface area contributed by atoms with E-state index in [0.29, 0.717) is 37.0 Å². The molecular weight excluding hydrogens is 842 g/mol. The topological polar surface area (TPSA) is 155 Å². The Kier molecular flexibility index (Phi) is 13.4. The molecule has 2 amide bonds. The number of likely N-dealkylation sites (tertiary alicyclic amines) is 1. The van der Waals surface area contributed by atoms with Crippen LogP contribution in [-0.2, 0) is 34.3 Å². The fourth-order valence-electron chi connectivity index (χ4n) is 10.1. The van der Waals surface area contributed by atoms with Crippen molar-refractivity contribution in [1.29, 1.82) is 0 Å². The standard InChI is InChI=1S/C47H59F3N10O5/c1-55-41-26-31(4-11-39(41)60(46(55)64)40-12-13-42(62)53-44(40)63)14-18-57-19-15-36(29-57)65-25-24-56-20-22-58(23-21-56)28-32-2-5-33(6-3-32)38-30-59(34-7-9-35(61)10-8-34)43-37(38)27-52-45(54-43)51-17-16-47(48,49)50/h2-6,11,26-27,30,34-36,40,61H,7-10,12-25,28-29H2,1H3,(H,51,52,54)(H,53,62,63). The second-order valence-corrected chi connectivity index (χ2v) is 18.3. The number of halogens is 3. The number of imide groups is 1. The van der Waals surface area contributed by atoms with Gasteiger partial charge in [-0.15, -0.1) is 0 Å². The number of carbonyl (C=O) groups is 2. The number of anilines is 1. The van der Waals surface area contributed by atoms with Crippen molar-refractivity contribution in [2.75, 3.05) is 70.8 Å². The number of piperazine rings is 1. The Hall–Kier alpha value is -5.14. The molecule has 15 nitrogen and oxygen atoms in total. The Morgan fingerprint density at radius 1 is 0.877 bits per heavy atom. The van der Waals surface area contributed by atoms with E-state index in [1.165, 1.54) is 10.1 Å². The quantitative estimate of drug-likeness (QED) is 0.121. The first-order valence-electron chi connectivity index (χ1n) is 23.1.